The number of benzene rings is 3. The lowest BCUT2D eigenvalue weighted by Crippen LogP contribution is -2.51. The zero-order valence-corrected chi connectivity index (χ0v) is 22.9. The second-order valence-electron chi connectivity index (χ2n) is 8.62. The lowest BCUT2D eigenvalue weighted by Gasteiger charge is -2.31. The van der Waals surface area contributed by atoms with E-state index in [2.05, 4.69) is 28.2 Å². The highest BCUT2D eigenvalue weighted by molar-refractivity contribution is 9.10. The van der Waals surface area contributed by atoms with Gasteiger partial charge in [0.05, 0.1) is 5.75 Å². The topological polar surface area (TPSA) is 49.4 Å². The normalized spacial score (nSPS) is 11.6. The molecular formula is C29H32BrFN2O2S. The Hall–Kier alpha value is -2.64. The molecule has 190 valence electrons. The molecule has 0 saturated heterocycles. The smallest absolute Gasteiger partial charge is 0.243 e. The van der Waals surface area contributed by atoms with Gasteiger partial charge in [0.15, 0.2) is 0 Å². The minimum absolute atomic E-state index is 0.118. The van der Waals surface area contributed by atoms with Gasteiger partial charge in [-0.15, -0.1) is 11.8 Å². The van der Waals surface area contributed by atoms with Crippen molar-refractivity contribution >= 4 is 39.5 Å². The van der Waals surface area contributed by atoms with Crippen LogP contribution in [0.5, 0.6) is 0 Å². The van der Waals surface area contributed by atoms with Crippen molar-refractivity contribution in [3.05, 3.63) is 106 Å². The molecule has 3 rings (SSSR count). The molecule has 0 heterocycles. The summed E-state index contributed by atoms with van der Waals surface area (Å²) in [5.41, 5.74) is 2.88. The molecule has 36 heavy (non-hydrogen) atoms. The quantitative estimate of drug-likeness (QED) is 0.243. The zero-order valence-electron chi connectivity index (χ0n) is 20.5. The molecule has 0 unspecified atom stereocenters. The summed E-state index contributed by atoms with van der Waals surface area (Å²) in [5, 5.41) is 3.02. The molecule has 0 saturated carbocycles. The predicted octanol–water partition coefficient (Wildman–Crippen LogP) is 6.38. The van der Waals surface area contributed by atoms with Crippen molar-refractivity contribution in [2.75, 3.05) is 12.3 Å². The van der Waals surface area contributed by atoms with Crippen LogP contribution in [0.3, 0.4) is 0 Å². The molecular weight excluding hydrogens is 539 g/mol. The molecule has 4 nitrogen and oxygen atoms in total. The number of hydrogen-bond donors (Lipinski definition) is 1. The van der Waals surface area contributed by atoms with Crippen molar-refractivity contribution in [3.8, 4) is 0 Å². The van der Waals surface area contributed by atoms with Crippen LogP contribution < -0.4 is 5.32 Å². The largest absolute Gasteiger partial charge is 0.354 e. The van der Waals surface area contributed by atoms with Gasteiger partial charge >= 0.3 is 0 Å². The second-order valence-corrected chi connectivity index (χ2v) is 10.5. The van der Waals surface area contributed by atoms with E-state index in [9.17, 15) is 14.0 Å². The van der Waals surface area contributed by atoms with Crippen molar-refractivity contribution in [2.24, 2.45) is 0 Å². The van der Waals surface area contributed by atoms with Crippen LogP contribution in [0.1, 0.15) is 36.5 Å². The van der Waals surface area contributed by atoms with E-state index in [0.717, 1.165) is 34.0 Å². The third kappa shape index (κ3) is 9.10. The van der Waals surface area contributed by atoms with Gasteiger partial charge in [0.2, 0.25) is 11.8 Å². The van der Waals surface area contributed by atoms with Gasteiger partial charge in [-0.05, 0) is 47.4 Å². The number of thioether (sulfide) groups is 1. The number of halogens is 2. The number of carbonyl (C=O) groups is 2. The van der Waals surface area contributed by atoms with Gasteiger partial charge in [-0.3, -0.25) is 9.59 Å². The third-order valence-corrected chi connectivity index (χ3v) is 7.29. The Bertz CT molecular complexity index is 1090. The first-order valence-corrected chi connectivity index (χ1v) is 14.1. The van der Waals surface area contributed by atoms with Crippen molar-refractivity contribution in [1.82, 2.24) is 10.2 Å². The predicted molar refractivity (Wildman–Crippen MR) is 149 cm³/mol. The minimum Gasteiger partial charge on any atom is -0.354 e. The van der Waals surface area contributed by atoms with Crippen LogP contribution in [0.15, 0.2) is 83.3 Å². The second kappa shape index (κ2) is 14.8. The van der Waals surface area contributed by atoms with E-state index in [-0.39, 0.29) is 29.9 Å². The average Bonchev–Trinajstić information content (AvgIpc) is 2.89. The summed E-state index contributed by atoms with van der Waals surface area (Å²) in [5.74, 6) is 0.314. The molecule has 0 aliphatic carbocycles. The lowest BCUT2D eigenvalue weighted by molar-refractivity contribution is -0.139. The maximum atomic E-state index is 13.6. The maximum absolute atomic E-state index is 13.6. The summed E-state index contributed by atoms with van der Waals surface area (Å²) >= 11 is 4.96. The van der Waals surface area contributed by atoms with E-state index in [1.54, 1.807) is 17.0 Å². The number of rotatable bonds is 13. The van der Waals surface area contributed by atoms with Crippen molar-refractivity contribution in [2.45, 2.75) is 44.5 Å². The average molecular weight is 572 g/mol. The Morgan fingerprint density at radius 3 is 2.28 bits per heavy atom. The third-order valence-electron chi connectivity index (χ3n) is 5.77. The van der Waals surface area contributed by atoms with Crippen LogP contribution in [-0.2, 0) is 28.3 Å². The standard InChI is InChI=1S/C29H32BrFN2O2S/c1-2-3-17-32-29(35)27(18-22-7-5-4-6-8-22)33(19-23-11-15-26(31)16-12-23)28(34)21-36-20-24-9-13-25(30)14-10-24/h4-16,27H,2-3,17-21H2,1H3,(H,32,35)/t27-/m0/s1. The van der Waals surface area contributed by atoms with Gasteiger partial charge in [-0.1, -0.05) is 83.9 Å². The van der Waals surface area contributed by atoms with E-state index in [1.807, 2.05) is 54.6 Å². The van der Waals surface area contributed by atoms with E-state index in [0.29, 0.717) is 18.7 Å². The van der Waals surface area contributed by atoms with Gasteiger partial charge in [0.1, 0.15) is 11.9 Å². The first kappa shape index (κ1) is 27.9. The number of unbranched alkanes of at least 4 members (excludes halogenated alkanes) is 1. The highest BCUT2D eigenvalue weighted by Gasteiger charge is 2.30. The molecule has 3 aromatic carbocycles. The van der Waals surface area contributed by atoms with Crippen molar-refractivity contribution in [3.63, 3.8) is 0 Å². The summed E-state index contributed by atoms with van der Waals surface area (Å²) in [4.78, 5) is 28.6. The first-order valence-electron chi connectivity index (χ1n) is 12.1. The minimum atomic E-state index is -0.671. The molecule has 2 amide bonds. The van der Waals surface area contributed by atoms with Crippen LogP contribution in [0.4, 0.5) is 4.39 Å². The highest BCUT2D eigenvalue weighted by Crippen LogP contribution is 2.20. The summed E-state index contributed by atoms with van der Waals surface area (Å²) in [6, 6.07) is 23.2. The molecule has 7 heteroatoms. The molecule has 0 radical (unpaired) electrons. The van der Waals surface area contributed by atoms with Crippen LogP contribution in [0, 0.1) is 5.82 Å². The first-order chi connectivity index (χ1) is 17.5. The molecule has 1 N–H and O–H groups in total. The Labute approximate surface area is 225 Å². The molecule has 0 aromatic heterocycles. The number of amides is 2. The van der Waals surface area contributed by atoms with Crippen molar-refractivity contribution < 1.29 is 14.0 Å². The summed E-state index contributed by atoms with van der Waals surface area (Å²) in [6.45, 7) is 2.87. The summed E-state index contributed by atoms with van der Waals surface area (Å²) in [7, 11) is 0. The SMILES string of the molecule is CCCCNC(=O)[C@H](Cc1ccccc1)N(Cc1ccc(F)cc1)C(=O)CSCc1ccc(Br)cc1. The zero-order chi connectivity index (χ0) is 25.8. The van der Waals surface area contributed by atoms with E-state index < -0.39 is 6.04 Å². The fourth-order valence-electron chi connectivity index (χ4n) is 3.77. The molecule has 3 aromatic rings. The molecule has 0 bridgehead atoms. The lowest BCUT2D eigenvalue weighted by atomic mass is 10.0. The Kier molecular flexibility index (Phi) is 11.5. The molecule has 0 aliphatic rings. The molecule has 0 spiro atoms. The van der Waals surface area contributed by atoms with E-state index >= 15 is 0 Å². The van der Waals surface area contributed by atoms with Gasteiger partial charge in [0.25, 0.3) is 0 Å². The van der Waals surface area contributed by atoms with Crippen LogP contribution in [0.2, 0.25) is 0 Å². The monoisotopic (exact) mass is 570 g/mol. The Balaban J connectivity index is 1.81. The Morgan fingerprint density at radius 2 is 1.61 bits per heavy atom. The summed E-state index contributed by atoms with van der Waals surface area (Å²) < 4.78 is 14.5. The van der Waals surface area contributed by atoms with Gasteiger partial charge in [-0.2, -0.15) is 0 Å². The Morgan fingerprint density at radius 1 is 0.944 bits per heavy atom. The van der Waals surface area contributed by atoms with Crippen LogP contribution in [0.25, 0.3) is 0 Å². The fourth-order valence-corrected chi connectivity index (χ4v) is 4.90. The van der Waals surface area contributed by atoms with Crippen LogP contribution in [-0.4, -0.2) is 35.1 Å². The number of carbonyl (C=O) groups excluding carboxylic acids is 2. The molecule has 0 aliphatic heterocycles. The number of hydrogen-bond acceptors (Lipinski definition) is 3. The number of nitrogens with zero attached hydrogens (tertiary/aromatic N) is 1. The summed E-state index contributed by atoms with van der Waals surface area (Å²) in [6.07, 6.45) is 2.25. The van der Waals surface area contributed by atoms with E-state index in [4.69, 9.17) is 0 Å². The van der Waals surface area contributed by atoms with Crippen molar-refractivity contribution in [1.29, 1.82) is 0 Å². The number of nitrogens with one attached hydrogen (secondary N) is 1. The van der Waals surface area contributed by atoms with Gasteiger partial charge in [-0.25, -0.2) is 4.39 Å². The molecule has 0 fully saturated rings. The van der Waals surface area contributed by atoms with E-state index in [1.165, 1.54) is 23.9 Å². The van der Waals surface area contributed by atoms with Gasteiger partial charge < -0.3 is 10.2 Å². The molecule has 1 atom stereocenters. The fraction of sp³-hybridized carbons (Fsp3) is 0.310. The highest BCUT2D eigenvalue weighted by atomic mass is 79.9. The maximum Gasteiger partial charge on any atom is 0.243 e. The van der Waals surface area contributed by atoms with Crippen LogP contribution >= 0.6 is 27.7 Å². The van der Waals surface area contributed by atoms with Gasteiger partial charge in [0, 0.05) is 29.7 Å².